The van der Waals surface area contributed by atoms with Crippen molar-refractivity contribution in [2.75, 3.05) is 27.4 Å². The van der Waals surface area contributed by atoms with Gasteiger partial charge < -0.3 is 9.47 Å². The predicted octanol–water partition coefficient (Wildman–Crippen LogP) is 9.09. The molecule has 6 rings (SSSR count). The fourth-order valence-corrected chi connectivity index (χ4v) is 7.27. The molecule has 1 aliphatic rings. The van der Waals surface area contributed by atoms with Gasteiger partial charge >= 0.3 is 24.4 Å². The number of halogens is 7. The molecule has 298 valence electrons. The number of carbonyl (C=O) groups is 2. The van der Waals surface area contributed by atoms with E-state index in [1.807, 2.05) is 32.0 Å². The zero-order chi connectivity index (χ0) is 40.9. The number of rotatable bonds is 10. The number of ether oxygens (including phenoxy) is 2. The average molecular weight is 788 g/mol. The highest BCUT2D eigenvalue weighted by molar-refractivity contribution is 6.00. The smallest absolute Gasteiger partial charge is 0.421 e. The Bertz CT molecular complexity index is 2280. The fourth-order valence-electron chi connectivity index (χ4n) is 7.27. The molecule has 0 radical (unpaired) electrons. The van der Waals surface area contributed by atoms with Crippen molar-refractivity contribution >= 4 is 23.0 Å². The van der Waals surface area contributed by atoms with E-state index in [2.05, 4.69) is 0 Å². The first-order valence-electron chi connectivity index (χ1n) is 17.8. The van der Waals surface area contributed by atoms with Gasteiger partial charge in [0.25, 0.3) is 0 Å². The normalized spacial score (nSPS) is 14.5. The Kier molecular flexibility index (Phi) is 10.9. The van der Waals surface area contributed by atoms with Crippen molar-refractivity contribution < 1.29 is 49.8 Å². The largest absolute Gasteiger partial charge is 0.427 e. The van der Waals surface area contributed by atoms with Crippen LogP contribution in [0.5, 0.6) is 0 Å². The second-order valence-electron chi connectivity index (χ2n) is 14.3. The van der Waals surface area contributed by atoms with Crippen LogP contribution < -0.4 is 0 Å². The minimum atomic E-state index is -5.06. The van der Waals surface area contributed by atoms with Crippen molar-refractivity contribution in [3.05, 3.63) is 106 Å². The quantitative estimate of drug-likeness (QED) is 0.0794. The van der Waals surface area contributed by atoms with E-state index in [-0.39, 0.29) is 36.8 Å². The van der Waals surface area contributed by atoms with Crippen molar-refractivity contribution in [1.29, 1.82) is 0 Å². The number of benzene rings is 3. The van der Waals surface area contributed by atoms with Crippen molar-refractivity contribution in [2.24, 2.45) is 0 Å². The van der Waals surface area contributed by atoms with Crippen molar-refractivity contribution in [1.82, 2.24) is 24.1 Å². The summed E-state index contributed by atoms with van der Waals surface area (Å²) >= 11 is 0. The summed E-state index contributed by atoms with van der Waals surface area (Å²) in [6, 6.07) is 11.8. The Balaban J connectivity index is 1.49. The van der Waals surface area contributed by atoms with Crippen LogP contribution in [0.25, 0.3) is 27.8 Å². The van der Waals surface area contributed by atoms with Crippen LogP contribution in [-0.2, 0) is 58.1 Å². The molecule has 56 heavy (non-hydrogen) atoms. The molecule has 3 aromatic carbocycles. The molecule has 9 nitrogen and oxygen atoms in total. The number of likely N-dealkylation sites (N-methyl/N-ethyl adjacent to an activating group) is 1. The molecule has 16 heteroatoms. The van der Waals surface area contributed by atoms with E-state index in [0.29, 0.717) is 46.8 Å². The van der Waals surface area contributed by atoms with Gasteiger partial charge in [0.1, 0.15) is 5.82 Å². The highest BCUT2D eigenvalue weighted by atomic mass is 19.4. The third-order valence-electron chi connectivity index (χ3n) is 10.1. The van der Waals surface area contributed by atoms with Gasteiger partial charge in [0.2, 0.25) is 6.79 Å². The van der Waals surface area contributed by atoms with E-state index < -0.39 is 53.7 Å². The van der Waals surface area contributed by atoms with E-state index in [1.165, 1.54) is 24.4 Å². The van der Waals surface area contributed by atoms with Gasteiger partial charge in [0, 0.05) is 35.8 Å². The number of para-hydroxylation sites is 1. The molecular formula is C40H40F7N5O4. The van der Waals surface area contributed by atoms with Crippen LogP contribution in [0, 0.1) is 5.82 Å². The summed E-state index contributed by atoms with van der Waals surface area (Å²) in [6.07, 6.45) is -8.48. The molecule has 5 aromatic rings. The standard InChI is InChI=1S/C40H40F7N5O4/c1-7-23-10-9-11-24(8-2)33(23)52-34(27-14-15-31(41)35-28(27)16-17-51(35)37(54)56-22-55-32(53)21-49(5)6)29-20-50(38(3,4)36(29)48-52)19-25-12-13-26(39(42,43)44)18-30(25)40(45,46)47/h9-18H,7-8,19-22H2,1-6H3. The zero-order valence-electron chi connectivity index (χ0n) is 31.5. The highest BCUT2D eigenvalue weighted by Crippen LogP contribution is 2.47. The molecule has 0 saturated carbocycles. The lowest BCUT2D eigenvalue weighted by Gasteiger charge is -2.33. The average Bonchev–Trinajstić information content (AvgIpc) is 3.79. The van der Waals surface area contributed by atoms with Gasteiger partial charge in [-0.25, -0.2) is 18.4 Å². The third-order valence-corrected chi connectivity index (χ3v) is 10.1. The first-order chi connectivity index (χ1) is 26.3. The molecule has 0 N–H and O–H groups in total. The number of aromatic nitrogens is 3. The molecule has 1 aliphatic heterocycles. The number of aryl methyl sites for hydroxylation is 2. The molecule has 0 spiro atoms. The van der Waals surface area contributed by atoms with E-state index in [1.54, 1.807) is 42.4 Å². The number of esters is 1. The van der Waals surface area contributed by atoms with Crippen LogP contribution in [-0.4, -0.2) is 63.6 Å². The Morgan fingerprint density at radius 3 is 2.18 bits per heavy atom. The summed E-state index contributed by atoms with van der Waals surface area (Å²) in [5.41, 5.74) is 0.456. The molecular weight excluding hydrogens is 747 g/mol. The molecule has 0 bridgehead atoms. The first kappa shape index (κ1) is 40.4. The Morgan fingerprint density at radius 1 is 0.893 bits per heavy atom. The maximum Gasteiger partial charge on any atom is 0.421 e. The molecule has 3 heterocycles. The zero-order valence-corrected chi connectivity index (χ0v) is 31.5. The Morgan fingerprint density at radius 2 is 1.57 bits per heavy atom. The van der Waals surface area contributed by atoms with Crippen LogP contribution in [0.1, 0.15) is 66.8 Å². The number of alkyl halides is 6. The van der Waals surface area contributed by atoms with E-state index in [9.17, 15) is 35.9 Å². The lowest BCUT2D eigenvalue weighted by molar-refractivity contribution is -0.152. The molecule has 0 unspecified atom stereocenters. The van der Waals surface area contributed by atoms with Crippen molar-refractivity contribution in [3.8, 4) is 16.9 Å². The van der Waals surface area contributed by atoms with Crippen molar-refractivity contribution in [3.63, 3.8) is 0 Å². The summed E-state index contributed by atoms with van der Waals surface area (Å²) in [7, 11) is 3.32. The predicted molar refractivity (Wildman–Crippen MR) is 193 cm³/mol. The molecule has 0 saturated heterocycles. The maximum absolute atomic E-state index is 15.7. The number of carbonyl (C=O) groups excluding carboxylic acids is 2. The lowest BCUT2D eigenvalue weighted by atomic mass is 9.96. The van der Waals surface area contributed by atoms with E-state index in [0.717, 1.165) is 27.4 Å². The third kappa shape index (κ3) is 7.51. The van der Waals surface area contributed by atoms with Crippen molar-refractivity contribution in [2.45, 2.75) is 71.5 Å². The number of fused-ring (bicyclic) bond motifs is 2. The maximum atomic E-state index is 15.7. The monoisotopic (exact) mass is 787 g/mol. The van der Waals surface area contributed by atoms with Crippen LogP contribution in [0.4, 0.5) is 35.5 Å². The summed E-state index contributed by atoms with van der Waals surface area (Å²) in [5.74, 6) is -1.40. The van der Waals surface area contributed by atoms with Gasteiger partial charge in [-0.3, -0.25) is 14.6 Å². The second kappa shape index (κ2) is 15.0. The van der Waals surface area contributed by atoms with Crippen LogP contribution in [0.3, 0.4) is 0 Å². The summed E-state index contributed by atoms with van der Waals surface area (Å²) in [6.45, 7) is 6.45. The van der Waals surface area contributed by atoms with E-state index >= 15 is 4.39 Å². The fraction of sp³-hybridized carbons (Fsp3) is 0.375. The second-order valence-corrected chi connectivity index (χ2v) is 14.3. The molecule has 2 aromatic heterocycles. The molecule has 0 aliphatic carbocycles. The number of hydrogen-bond acceptors (Lipinski definition) is 7. The SMILES string of the molecule is CCc1cccc(CC)c1-n1nc2c(c1-c1ccc(F)c3c1ccn3C(=O)OCOC(=O)CN(C)C)CN(Cc1ccc(C(F)(F)F)cc1C(F)(F)F)C2(C)C. The van der Waals surface area contributed by atoms with Crippen LogP contribution in [0.15, 0.2) is 60.8 Å². The number of nitrogens with zero attached hydrogens (tertiary/aromatic N) is 5. The Hall–Kier alpha value is -5.22. The van der Waals surface area contributed by atoms with Gasteiger partial charge in [-0.05, 0) is 87.8 Å². The Labute approximate surface area is 318 Å². The highest BCUT2D eigenvalue weighted by Gasteiger charge is 2.45. The van der Waals surface area contributed by atoms with Gasteiger partial charge in [0.15, 0.2) is 0 Å². The van der Waals surface area contributed by atoms with Crippen LogP contribution >= 0.6 is 0 Å². The minimum Gasteiger partial charge on any atom is -0.427 e. The molecule has 0 fully saturated rings. The molecule has 0 amide bonds. The van der Waals surface area contributed by atoms with Gasteiger partial charge in [0.05, 0.1) is 45.8 Å². The lowest BCUT2D eigenvalue weighted by Crippen LogP contribution is -2.36. The molecule has 0 atom stereocenters. The minimum absolute atomic E-state index is 0.0334. The van der Waals surface area contributed by atoms with Gasteiger partial charge in [-0.1, -0.05) is 38.1 Å². The first-order valence-corrected chi connectivity index (χ1v) is 17.8. The topological polar surface area (TPSA) is 81.8 Å². The number of hydrogen-bond donors (Lipinski definition) is 0. The summed E-state index contributed by atoms with van der Waals surface area (Å²) in [5, 5.41) is 5.42. The summed E-state index contributed by atoms with van der Waals surface area (Å²) in [4.78, 5) is 28.4. The van der Waals surface area contributed by atoms with Gasteiger partial charge in [-0.2, -0.15) is 31.4 Å². The summed E-state index contributed by atoms with van der Waals surface area (Å²) < 4.78 is 112. The van der Waals surface area contributed by atoms with Crippen LogP contribution in [0.2, 0.25) is 0 Å². The van der Waals surface area contributed by atoms with Gasteiger partial charge in [-0.15, -0.1) is 0 Å². The van der Waals surface area contributed by atoms with E-state index in [4.69, 9.17) is 14.6 Å².